The number of rotatable bonds is 26. The van der Waals surface area contributed by atoms with Crippen molar-refractivity contribution in [2.45, 2.75) is 79.4 Å². The molecule has 5 rings (SSSR count). The molecule has 3 heterocycles. The molecule has 1 N–H and O–H groups in total. The van der Waals surface area contributed by atoms with Gasteiger partial charge in [-0.3, -0.25) is 29.0 Å². The van der Waals surface area contributed by atoms with Crippen LogP contribution in [0.2, 0.25) is 0 Å². The van der Waals surface area contributed by atoms with Gasteiger partial charge in [0.15, 0.2) is 0 Å². The highest BCUT2D eigenvalue weighted by Crippen LogP contribution is 2.35. The second-order valence-corrected chi connectivity index (χ2v) is 26.1. The summed E-state index contributed by atoms with van der Waals surface area (Å²) in [5.74, 6) is 0. The van der Waals surface area contributed by atoms with Crippen LogP contribution in [0.25, 0.3) is 0 Å². The van der Waals surface area contributed by atoms with Gasteiger partial charge in [0, 0.05) is 369 Å². The van der Waals surface area contributed by atoms with Gasteiger partial charge in [-0.05, 0) is 104 Å². The van der Waals surface area contributed by atoms with Crippen LogP contribution in [0.5, 0.6) is 0 Å². The van der Waals surface area contributed by atoms with Crippen LogP contribution in [0.15, 0.2) is 55.1 Å². The maximum absolute atomic E-state index is 12.7. The average Bonchev–Trinajstić information content (AvgIpc) is 1.48. The summed E-state index contributed by atoms with van der Waals surface area (Å²) in [6.07, 6.45) is -19.5. The van der Waals surface area contributed by atoms with E-state index in [4.69, 9.17) is 187 Å². The molecule has 2 aromatic carbocycles. The van der Waals surface area contributed by atoms with Crippen molar-refractivity contribution in [3.8, 4) is 0 Å². The first-order valence-corrected chi connectivity index (χ1v) is 31.4. The number of ether oxygens (including phenoxy) is 2. The van der Waals surface area contributed by atoms with Crippen LogP contribution >= 0.6 is 0 Å². The zero-order chi connectivity index (χ0) is 72.6. The molecule has 405 valence electrons. The van der Waals surface area contributed by atoms with E-state index < -0.39 is 145 Å². The molecule has 2 aliphatic rings. The molecule has 95 heavy (non-hydrogen) atoms. The summed E-state index contributed by atoms with van der Waals surface area (Å²) in [5.41, 5.74) is 6.36. The van der Waals surface area contributed by atoms with Crippen LogP contribution in [-0.2, 0) is 27.2 Å². The zero-order valence-corrected chi connectivity index (χ0v) is 56.5. The fourth-order valence-corrected chi connectivity index (χ4v) is 13.1. The highest BCUT2D eigenvalue weighted by atomic mass is 16.6. The number of anilines is 4. The quantitative estimate of drug-likeness (QED) is 0.0619. The van der Waals surface area contributed by atoms with Crippen molar-refractivity contribution >= 4 is 366 Å². The van der Waals surface area contributed by atoms with E-state index in [1.807, 2.05) is 91.8 Å². The van der Waals surface area contributed by atoms with Gasteiger partial charge in [-0.15, -0.1) is 0 Å². The van der Waals surface area contributed by atoms with Gasteiger partial charge in [0.25, 0.3) is 0 Å². The topological polar surface area (TPSA) is 139 Å². The molecule has 0 fully saturated rings. The number of hydrogen-bond donors (Lipinski definition) is 1. The van der Waals surface area contributed by atoms with Gasteiger partial charge in [-0.25, -0.2) is 29.6 Å². The Kier molecular flexibility index (Phi) is 36.0. The maximum atomic E-state index is 12.7. The maximum Gasteiger partial charge on any atom is 0.414 e. The van der Waals surface area contributed by atoms with Crippen LogP contribution in [0, 0.1) is 0 Å². The third kappa shape index (κ3) is 24.0. The Hall–Kier alpha value is -2.19. The number of hydroxylamine groups is 1. The summed E-state index contributed by atoms with van der Waals surface area (Å²) in [7, 11) is 148. The molecule has 0 atom stereocenters. The number of aromatic nitrogens is 2. The number of amides is 5. The standard InChI is InChI=1S/C19H24N4O3.C17H25N3O4.B45/c1-5-22(17(24)21-11-9-20-13-21)15-7-6-14-8-10-23(16(14)12-15)18(25)26-19(2,3)4;1-6-19(15(21)18-23-5)13-8-7-12-9-10-20(14(12)11-13)16(22)24-17(2,3)4;1-24-36(25(2)3)42(37(26(4)5)27(6)7)45(43(38(28(8)9)29(10)11)39(30(12)13)31(14)15)44(40(32(16)17)33(18)19)41(34(20)21)35(22)23/h6-7,9,11-13H,5,8,10H2,1-4H3;7-8,11H,6,9-10H2,1-5H3,(H,18,21);. The van der Waals surface area contributed by atoms with Crippen molar-refractivity contribution in [1.29, 1.82) is 0 Å². The SMILES string of the molecule is CCN(C(=O)NOC)c1ccc2c(c1)N(C(=O)OC(C)(C)C)CC2.CCN(C(=O)n1ccnc1)c1ccc2c(c1)N(C(=O)OC(C)(C)C)CC2.[B][B]B(B([B])[B])B(B(B([B])[B])B([B])[B])B(B(B(B([B])[B])B([B])[B])B(B([B])[B])B([B])[B])B(B(B([B])[B])B([B])[B])B(B([B])[B])B([B])[B]. The first kappa shape index (κ1) is 87.0. The van der Waals surface area contributed by atoms with Crippen molar-refractivity contribution < 1.29 is 33.5 Å². The Labute approximate surface area is 608 Å². The highest BCUT2D eigenvalue weighted by molar-refractivity contribution is 8.34. The second kappa shape index (κ2) is 39.3. The Morgan fingerprint density at radius 2 is 0.832 bits per heavy atom. The third-order valence-corrected chi connectivity index (χ3v) is 16.9. The molecule has 0 saturated heterocycles. The smallest absolute Gasteiger partial charge is 0.414 e. The molecule has 0 bridgehead atoms. The molecule has 0 saturated carbocycles. The largest absolute Gasteiger partial charge is 0.443 e. The van der Waals surface area contributed by atoms with Gasteiger partial charge in [0.05, 0.1) is 18.5 Å². The van der Waals surface area contributed by atoms with Crippen molar-refractivity contribution in [3.63, 3.8) is 0 Å². The van der Waals surface area contributed by atoms with E-state index in [1.54, 1.807) is 27.1 Å². The number of benzene rings is 2. The molecule has 0 unspecified atom stereocenters. The first-order valence-electron chi connectivity index (χ1n) is 31.4. The van der Waals surface area contributed by atoms with Crippen LogP contribution in [0.4, 0.5) is 41.9 Å². The van der Waals surface area contributed by atoms with Gasteiger partial charge in [-0.1, -0.05) is 12.1 Å². The van der Waals surface area contributed by atoms with Gasteiger partial charge in [0.2, 0.25) is 0 Å². The third-order valence-electron chi connectivity index (χ3n) is 16.9. The predicted molar refractivity (Wildman–Crippen MR) is 451 cm³/mol. The monoisotopic (exact) mass is 1190 g/mol. The van der Waals surface area contributed by atoms with E-state index >= 15 is 0 Å². The lowest BCUT2D eigenvalue weighted by Crippen LogP contribution is -2.94. The minimum absolute atomic E-state index is 0.188. The molecule has 47 radical (unpaired) electrons. The molecule has 0 spiro atoms. The van der Waals surface area contributed by atoms with Crippen molar-refractivity contribution in [3.05, 3.63) is 66.2 Å². The molecule has 5 amide bonds. The number of hydrogen-bond acceptors (Lipinski definition) is 8. The van der Waals surface area contributed by atoms with Gasteiger partial charge in [0.1, 0.15) is 17.5 Å². The van der Waals surface area contributed by atoms with Gasteiger partial charge >= 0.3 is 24.2 Å². The summed E-state index contributed by atoms with van der Waals surface area (Å²) >= 11 is 0. The van der Waals surface area contributed by atoms with E-state index in [0.29, 0.717) is 31.9 Å². The van der Waals surface area contributed by atoms with E-state index in [0.717, 1.165) is 41.0 Å². The van der Waals surface area contributed by atoms with Crippen LogP contribution in [0.3, 0.4) is 0 Å². The number of imidazole rings is 1. The number of nitrogens with zero attached hydrogens (tertiary/aromatic N) is 6. The fraction of sp³-hybridized carbons (Fsp3) is 0.472. The van der Waals surface area contributed by atoms with Crippen LogP contribution in [-0.4, -0.2) is 397 Å². The molecular formula is C36H49B45N7O7. The van der Waals surface area contributed by atoms with Crippen molar-refractivity contribution in [1.82, 2.24) is 15.0 Å². The Morgan fingerprint density at radius 3 is 1.11 bits per heavy atom. The summed E-state index contributed by atoms with van der Waals surface area (Å²) < 4.78 is 12.4. The lowest BCUT2D eigenvalue weighted by molar-refractivity contribution is 0.0573. The van der Waals surface area contributed by atoms with Gasteiger partial charge in [-0.2, -0.15) is 0 Å². The average molecular weight is 1180 g/mol. The summed E-state index contributed by atoms with van der Waals surface area (Å²) in [4.78, 5) is 64.7. The highest BCUT2D eigenvalue weighted by Gasteiger charge is 2.59. The molecule has 1 aromatic heterocycles. The first-order chi connectivity index (χ1) is 44.0. The van der Waals surface area contributed by atoms with Gasteiger partial charge < -0.3 is 9.47 Å². The number of urea groups is 1. The lowest BCUT2D eigenvalue weighted by atomic mass is 8.26. The van der Waals surface area contributed by atoms with E-state index in [2.05, 4.69) is 15.3 Å². The summed E-state index contributed by atoms with van der Waals surface area (Å²) in [6.45, 7) is 17.0. The minimum atomic E-state index is -1.27. The number of carbonyl (C=O) groups is 4. The van der Waals surface area contributed by atoms with E-state index in [1.165, 1.54) is 30.0 Å². The molecule has 3 aromatic rings. The van der Waals surface area contributed by atoms with E-state index in [-0.39, 0.29) is 24.2 Å². The number of carbonyl (C=O) groups excluding carboxylic acids is 4. The second-order valence-electron chi connectivity index (χ2n) is 26.1. The Morgan fingerprint density at radius 1 is 0.505 bits per heavy atom. The predicted octanol–water partition coefficient (Wildman–Crippen LogP) is -10.4. The van der Waals surface area contributed by atoms with Crippen LogP contribution < -0.4 is 25.1 Å². The molecule has 14 nitrogen and oxygen atoms in total. The number of fused-ring (bicyclic) bond motifs is 2. The normalized spacial score (nSPS) is 11.6. The zero-order valence-electron chi connectivity index (χ0n) is 56.5. The van der Waals surface area contributed by atoms with E-state index in [9.17, 15) is 19.2 Å². The fourth-order valence-electron chi connectivity index (χ4n) is 13.1. The van der Waals surface area contributed by atoms with Crippen LogP contribution in [0.1, 0.15) is 66.5 Å². The molecule has 0 aliphatic carbocycles. The summed E-state index contributed by atoms with van der Waals surface area (Å²) in [6, 6.07) is 10.9. The molecule has 2 aliphatic heterocycles. The van der Waals surface area contributed by atoms with Crippen molar-refractivity contribution in [2.24, 2.45) is 0 Å². The Bertz CT molecular complexity index is 2740. The summed E-state index contributed by atoms with van der Waals surface area (Å²) in [5, 5.41) is 0. The van der Waals surface area contributed by atoms with Crippen molar-refractivity contribution in [2.75, 3.05) is 52.9 Å². The molecule has 59 heteroatoms. The number of nitrogens with one attached hydrogen (secondary N) is 1. The minimum Gasteiger partial charge on any atom is -0.443 e. The molecular weight excluding hydrogens is 1130 g/mol. The lowest BCUT2D eigenvalue weighted by Gasteiger charge is -2.56. The Balaban J connectivity index is 0.000000397.